The number of benzene rings is 2. The first-order chi connectivity index (χ1) is 13.7. The van der Waals surface area contributed by atoms with Crippen molar-refractivity contribution in [3.8, 4) is 5.75 Å². The summed E-state index contributed by atoms with van der Waals surface area (Å²) in [6.07, 6.45) is 6.83. The molecule has 2 aromatic rings. The van der Waals surface area contributed by atoms with E-state index in [0.717, 1.165) is 42.7 Å². The van der Waals surface area contributed by atoms with Gasteiger partial charge in [0.15, 0.2) is 0 Å². The van der Waals surface area contributed by atoms with Crippen LogP contribution in [0.4, 0.5) is 5.69 Å². The highest BCUT2D eigenvalue weighted by molar-refractivity contribution is 6.16. The first-order valence-electron chi connectivity index (χ1n) is 10.1. The number of hydrogen-bond acceptors (Lipinski definition) is 3. The molecule has 0 saturated heterocycles. The van der Waals surface area contributed by atoms with Gasteiger partial charge in [-0.15, -0.1) is 0 Å². The highest BCUT2D eigenvalue weighted by atomic mass is 16.5. The third-order valence-corrected chi connectivity index (χ3v) is 5.76. The molecule has 0 unspecified atom stereocenters. The molecule has 1 N–H and O–H groups in total. The van der Waals surface area contributed by atoms with Crippen molar-refractivity contribution in [1.29, 1.82) is 0 Å². The molecular weight excluding hydrogens is 352 g/mol. The van der Waals surface area contributed by atoms with Gasteiger partial charge in [0.1, 0.15) is 5.75 Å². The van der Waals surface area contributed by atoms with Gasteiger partial charge in [0.2, 0.25) is 0 Å². The van der Waals surface area contributed by atoms with Gasteiger partial charge in [0.05, 0.1) is 24.8 Å². The second kappa shape index (κ2) is 8.05. The van der Waals surface area contributed by atoms with E-state index >= 15 is 0 Å². The van der Waals surface area contributed by atoms with E-state index in [0.29, 0.717) is 17.7 Å². The quantitative estimate of drug-likeness (QED) is 0.807. The van der Waals surface area contributed by atoms with E-state index in [9.17, 15) is 9.59 Å². The Kier molecular flexibility index (Phi) is 5.33. The van der Waals surface area contributed by atoms with Crippen LogP contribution in [-0.2, 0) is 6.54 Å². The Bertz CT molecular complexity index is 868. The third-order valence-electron chi connectivity index (χ3n) is 5.76. The third kappa shape index (κ3) is 3.61. The van der Waals surface area contributed by atoms with Crippen molar-refractivity contribution in [3.63, 3.8) is 0 Å². The highest BCUT2D eigenvalue weighted by Gasteiger charge is 2.33. The molecule has 1 aliphatic heterocycles. The zero-order valence-electron chi connectivity index (χ0n) is 16.2. The van der Waals surface area contributed by atoms with Gasteiger partial charge in [-0.3, -0.25) is 9.59 Å². The van der Waals surface area contributed by atoms with Gasteiger partial charge in [-0.1, -0.05) is 37.8 Å². The van der Waals surface area contributed by atoms with Gasteiger partial charge in [0, 0.05) is 11.7 Å². The van der Waals surface area contributed by atoms with Crippen LogP contribution in [0.1, 0.15) is 64.8 Å². The van der Waals surface area contributed by atoms with Crippen molar-refractivity contribution < 1.29 is 14.3 Å². The van der Waals surface area contributed by atoms with Gasteiger partial charge in [0.25, 0.3) is 11.8 Å². The largest absolute Gasteiger partial charge is 0.497 e. The van der Waals surface area contributed by atoms with E-state index in [1.54, 1.807) is 18.1 Å². The minimum Gasteiger partial charge on any atom is -0.497 e. The predicted molar refractivity (Wildman–Crippen MR) is 109 cm³/mol. The standard InChI is InChI=1S/C23H26N2O3/c1-28-19-13-11-18(12-14-19)25-15-16-7-6-10-20(21(16)23(25)27)22(26)24-17-8-4-2-3-5-9-17/h6-7,10-14,17H,2-5,8-9,15H2,1H3,(H,24,26). The lowest BCUT2D eigenvalue weighted by molar-refractivity contribution is 0.0920. The van der Waals surface area contributed by atoms with Crippen LogP contribution in [-0.4, -0.2) is 25.0 Å². The Morgan fingerprint density at radius 2 is 1.75 bits per heavy atom. The number of hydrogen-bond donors (Lipinski definition) is 1. The molecule has 1 saturated carbocycles. The van der Waals surface area contributed by atoms with E-state index in [1.807, 2.05) is 36.4 Å². The molecule has 1 aliphatic carbocycles. The normalized spacial score (nSPS) is 17.2. The summed E-state index contributed by atoms with van der Waals surface area (Å²) in [5.74, 6) is 0.497. The number of anilines is 1. The second-order valence-electron chi connectivity index (χ2n) is 7.59. The number of carbonyl (C=O) groups excluding carboxylic acids is 2. The maximum Gasteiger partial charge on any atom is 0.259 e. The molecule has 1 fully saturated rings. The smallest absolute Gasteiger partial charge is 0.259 e. The molecular formula is C23H26N2O3. The van der Waals surface area contributed by atoms with Gasteiger partial charge >= 0.3 is 0 Å². The zero-order valence-corrected chi connectivity index (χ0v) is 16.2. The van der Waals surface area contributed by atoms with Crippen LogP contribution in [0, 0.1) is 0 Å². The van der Waals surface area contributed by atoms with Gasteiger partial charge in [-0.05, 0) is 48.7 Å². The zero-order chi connectivity index (χ0) is 19.5. The van der Waals surface area contributed by atoms with E-state index < -0.39 is 0 Å². The molecule has 2 amide bonds. The molecule has 0 bridgehead atoms. The number of methoxy groups -OCH3 is 1. The summed E-state index contributed by atoms with van der Waals surface area (Å²) in [6.45, 7) is 0.477. The molecule has 0 spiro atoms. The second-order valence-corrected chi connectivity index (χ2v) is 7.59. The van der Waals surface area contributed by atoms with E-state index in [4.69, 9.17) is 4.74 Å². The summed E-state index contributed by atoms with van der Waals surface area (Å²) in [5.41, 5.74) is 2.72. The van der Waals surface area contributed by atoms with Crippen molar-refractivity contribution in [2.45, 2.75) is 51.1 Å². The molecule has 2 aromatic carbocycles. The minimum absolute atomic E-state index is 0.119. The number of amides is 2. The van der Waals surface area contributed by atoms with Crippen LogP contribution in [0.25, 0.3) is 0 Å². The van der Waals surface area contributed by atoms with Crippen molar-refractivity contribution in [3.05, 3.63) is 59.2 Å². The molecule has 1 heterocycles. The lowest BCUT2D eigenvalue weighted by Gasteiger charge is -2.18. The first-order valence-corrected chi connectivity index (χ1v) is 10.1. The fourth-order valence-corrected chi connectivity index (χ4v) is 4.21. The number of rotatable bonds is 4. The average Bonchev–Trinajstić information content (AvgIpc) is 2.89. The summed E-state index contributed by atoms with van der Waals surface area (Å²) in [7, 11) is 1.62. The maximum absolute atomic E-state index is 13.1. The lowest BCUT2D eigenvalue weighted by atomic mass is 10.0. The molecule has 28 heavy (non-hydrogen) atoms. The molecule has 5 heteroatoms. The Morgan fingerprint density at radius 1 is 1.04 bits per heavy atom. The molecule has 0 aromatic heterocycles. The Labute approximate surface area is 165 Å². The Balaban J connectivity index is 1.56. The number of ether oxygens (including phenoxy) is 1. The van der Waals surface area contributed by atoms with Crippen molar-refractivity contribution in [1.82, 2.24) is 5.32 Å². The number of fused-ring (bicyclic) bond motifs is 1. The Hall–Kier alpha value is -2.82. The Morgan fingerprint density at radius 3 is 2.43 bits per heavy atom. The average molecular weight is 378 g/mol. The first kappa shape index (κ1) is 18.5. The minimum atomic E-state index is -0.131. The van der Waals surface area contributed by atoms with Crippen molar-refractivity contribution in [2.75, 3.05) is 12.0 Å². The SMILES string of the molecule is COc1ccc(N2Cc3cccc(C(=O)NC4CCCCCC4)c3C2=O)cc1. The van der Waals surface area contributed by atoms with Crippen LogP contribution in [0.2, 0.25) is 0 Å². The van der Waals surface area contributed by atoms with Crippen molar-refractivity contribution >= 4 is 17.5 Å². The van der Waals surface area contributed by atoms with Gasteiger partial charge in [-0.2, -0.15) is 0 Å². The maximum atomic E-state index is 13.1. The summed E-state index contributed by atoms with van der Waals surface area (Å²) in [4.78, 5) is 27.8. The number of nitrogens with one attached hydrogen (secondary N) is 1. The molecule has 2 aliphatic rings. The highest BCUT2D eigenvalue weighted by Crippen LogP contribution is 2.31. The molecule has 0 radical (unpaired) electrons. The fourth-order valence-electron chi connectivity index (χ4n) is 4.21. The number of carbonyl (C=O) groups is 2. The lowest BCUT2D eigenvalue weighted by Crippen LogP contribution is -2.35. The molecule has 0 atom stereocenters. The van der Waals surface area contributed by atoms with Crippen LogP contribution in [0.15, 0.2) is 42.5 Å². The monoisotopic (exact) mass is 378 g/mol. The van der Waals surface area contributed by atoms with Crippen LogP contribution in [0.5, 0.6) is 5.75 Å². The fraction of sp³-hybridized carbons (Fsp3) is 0.391. The summed E-state index contributed by atoms with van der Waals surface area (Å²) in [6, 6.07) is 13.2. The number of nitrogens with zero attached hydrogens (tertiary/aromatic N) is 1. The van der Waals surface area contributed by atoms with E-state index in [-0.39, 0.29) is 17.9 Å². The van der Waals surface area contributed by atoms with Crippen LogP contribution in [0.3, 0.4) is 0 Å². The van der Waals surface area contributed by atoms with Gasteiger partial charge < -0.3 is 15.0 Å². The van der Waals surface area contributed by atoms with E-state index in [2.05, 4.69) is 5.32 Å². The topological polar surface area (TPSA) is 58.6 Å². The van der Waals surface area contributed by atoms with Crippen LogP contribution >= 0.6 is 0 Å². The van der Waals surface area contributed by atoms with Gasteiger partial charge in [-0.25, -0.2) is 0 Å². The molecule has 4 rings (SSSR count). The van der Waals surface area contributed by atoms with E-state index in [1.165, 1.54) is 12.8 Å². The molecule has 5 nitrogen and oxygen atoms in total. The van der Waals surface area contributed by atoms with Crippen LogP contribution < -0.4 is 15.0 Å². The predicted octanol–water partition coefficient (Wildman–Crippen LogP) is 4.31. The summed E-state index contributed by atoms with van der Waals surface area (Å²) >= 11 is 0. The summed E-state index contributed by atoms with van der Waals surface area (Å²) < 4.78 is 5.20. The summed E-state index contributed by atoms with van der Waals surface area (Å²) in [5, 5.41) is 3.17. The van der Waals surface area contributed by atoms with Crippen molar-refractivity contribution in [2.24, 2.45) is 0 Å². The molecule has 146 valence electrons.